The first-order chi connectivity index (χ1) is 11.1. The Labute approximate surface area is 136 Å². The standard InChI is InChI=1S/C18H24N2O3/c1-19-15-5-3-2-4-14(15)17(18(22)23)16(19)12-13-6-8-20(9-7-13)10-11-21/h2-5,13,21H,6-12H2,1H3,(H,22,23). The molecule has 0 saturated carbocycles. The summed E-state index contributed by atoms with van der Waals surface area (Å²) in [6, 6.07) is 7.72. The van der Waals surface area contributed by atoms with Crippen molar-refractivity contribution in [1.29, 1.82) is 0 Å². The first-order valence-electron chi connectivity index (χ1n) is 8.24. The number of hydrogen-bond donors (Lipinski definition) is 2. The predicted molar refractivity (Wildman–Crippen MR) is 89.8 cm³/mol. The number of aliphatic hydroxyl groups is 1. The van der Waals surface area contributed by atoms with Gasteiger partial charge >= 0.3 is 5.97 Å². The van der Waals surface area contributed by atoms with Gasteiger partial charge in [-0.15, -0.1) is 0 Å². The molecule has 1 fully saturated rings. The van der Waals surface area contributed by atoms with Crippen LogP contribution in [0.3, 0.4) is 0 Å². The van der Waals surface area contributed by atoms with Crippen LogP contribution in [-0.2, 0) is 13.5 Å². The zero-order valence-corrected chi connectivity index (χ0v) is 13.5. The molecule has 5 heteroatoms. The van der Waals surface area contributed by atoms with Crippen LogP contribution in [0.4, 0.5) is 0 Å². The zero-order chi connectivity index (χ0) is 16.4. The van der Waals surface area contributed by atoms with E-state index < -0.39 is 5.97 Å². The maximum atomic E-state index is 11.8. The van der Waals surface area contributed by atoms with E-state index in [1.807, 2.05) is 35.9 Å². The van der Waals surface area contributed by atoms with E-state index in [4.69, 9.17) is 5.11 Å². The maximum Gasteiger partial charge on any atom is 0.338 e. The fourth-order valence-corrected chi connectivity index (χ4v) is 3.75. The van der Waals surface area contributed by atoms with Crippen LogP contribution in [0.5, 0.6) is 0 Å². The van der Waals surface area contributed by atoms with E-state index >= 15 is 0 Å². The van der Waals surface area contributed by atoms with Gasteiger partial charge in [0.25, 0.3) is 0 Å². The Kier molecular flexibility index (Phi) is 4.68. The Morgan fingerprint density at radius 1 is 1.26 bits per heavy atom. The molecule has 2 aromatic rings. The summed E-state index contributed by atoms with van der Waals surface area (Å²) >= 11 is 0. The summed E-state index contributed by atoms with van der Waals surface area (Å²) in [5.41, 5.74) is 2.37. The second-order valence-electron chi connectivity index (χ2n) is 6.42. The van der Waals surface area contributed by atoms with Gasteiger partial charge in [-0.25, -0.2) is 4.79 Å². The summed E-state index contributed by atoms with van der Waals surface area (Å²) in [6.07, 6.45) is 2.92. The average molecular weight is 316 g/mol. The average Bonchev–Trinajstić information content (AvgIpc) is 2.83. The van der Waals surface area contributed by atoms with E-state index in [-0.39, 0.29) is 6.61 Å². The number of hydrogen-bond acceptors (Lipinski definition) is 3. The number of rotatable bonds is 5. The van der Waals surface area contributed by atoms with Gasteiger partial charge in [0.15, 0.2) is 0 Å². The minimum atomic E-state index is -0.838. The van der Waals surface area contributed by atoms with Gasteiger partial charge in [0.2, 0.25) is 0 Å². The zero-order valence-electron chi connectivity index (χ0n) is 13.5. The third-order valence-electron chi connectivity index (χ3n) is 5.05. The number of nitrogens with zero attached hydrogens (tertiary/aromatic N) is 2. The minimum absolute atomic E-state index is 0.205. The molecule has 23 heavy (non-hydrogen) atoms. The second-order valence-corrected chi connectivity index (χ2v) is 6.42. The van der Waals surface area contributed by atoms with E-state index in [1.54, 1.807) is 0 Å². The van der Waals surface area contributed by atoms with E-state index in [2.05, 4.69) is 4.90 Å². The number of aliphatic hydroxyl groups excluding tert-OH is 1. The third-order valence-corrected chi connectivity index (χ3v) is 5.05. The SMILES string of the molecule is Cn1c(CC2CCN(CCO)CC2)c(C(=O)O)c2ccccc21. The molecule has 1 aromatic heterocycles. The molecule has 1 saturated heterocycles. The first-order valence-corrected chi connectivity index (χ1v) is 8.24. The van der Waals surface area contributed by atoms with Crippen LogP contribution >= 0.6 is 0 Å². The van der Waals surface area contributed by atoms with Gasteiger partial charge in [0, 0.05) is 30.2 Å². The molecule has 0 spiro atoms. The number of aromatic nitrogens is 1. The summed E-state index contributed by atoms with van der Waals surface area (Å²) in [5, 5.41) is 19.5. The van der Waals surface area contributed by atoms with Gasteiger partial charge < -0.3 is 19.7 Å². The first kappa shape index (κ1) is 16.0. The quantitative estimate of drug-likeness (QED) is 0.887. The fourth-order valence-electron chi connectivity index (χ4n) is 3.75. The molecule has 2 heterocycles. The number of likely N-dealkylation sites (tertiary alicyclic amines) is 1. The molecule has 0 atom stereocenters. The topological polar surface area (TPSA) is 65.7 Å². The lowest BCUT2D eigenvalue weighted by molar-refractivity contribution is 0.0696. The highest BCUT2D eigenvalue weighted by molar-refractivity contribution is 6.05. The number of benzene rings is 1. The van der Waals surface area contributed by atoms with Crippen LogP contribution in [0.25, 0.3) is 10.9 Å². The maximum absolute atomic E-state index is 11.8. The highest BCUT2D eigenvalue weighted by Gasteiger charge is 2.25. The number of piperidine rings is 1. The van der Waals surface area contributed by atoms with Crippen molar-refractivity contribution in [2.45, 2.75) is 19.3 Å². The molecule has 0 radical (unpaired) electrons. The van der Waals surface area contributed by atoms with Crippen LogP contribution < -0.4 is 0 Å². The van der Waals surface area contributed by atoms with Crippen LogP contribution in [0.15, 0.2) is 24.3 Å². The van der Waals surface area contributed by atoms with Crippen molar-refractivity contribution in [1.82, 2.24) is 9.47 Å². The van der Waals surface area contributed by atoms with Gasteiger partial charge in [-0.1, -0.05) is 18.2 Å². The normalized spacial score (nSPS) is 17.0. The summed E-state index contributed by atoms with van der Waals surface area (Å²) in [5.74, 6) is -0.333. The molecule has 1 aliphatic rings. The molecule has 1 aliphatic heterocycles. The van der Waals surface area contributed by atoms with Gasteiger partial charge in [-0.3, -0.25) is 0 Å². The minimum Gasteiger partial charge on any atom is -0.478 e. The molecule has 3 rings (SSSR count). The van der Waals surface area contributed by atoms with Crippen molar-refractivity contribution >= 4 is 16.9 Å². The molecule has 0 bridgehead atoms. The lowest BCUT2D eigenvalue weighted by atomic mass is 9.91. The molecule has 124 valence electrons. The Morgan fingerprint density at radius 3 is 2.61 bits per heavy atom. The van der Waals surface area contributed by atoms with Crippen molar-refractivity contribution in [3.05, 3.63) is 35.5 Å². The number of aryl methyl sites for hydroxylation is 1. The largest absolute Gasteiger partial charge is 0.478 e. The van der Waals surface area contributed by atoms with Gasteiger partial charge in [-0.2, -0.15) is 0 Å². The number of para-hydroxylation sites is 1. The molecule has 0 unspecified atom stereocenters. The van der Waals surface area contributed by atoms with Crippen molar-refractivity contribution < 1.29 is 15.0 Å². The van der Waals surface area contributed by atoms with E-state index in [0.717, 1.165) is 55.5 Å². The van der Waals surface area contributed by atoms with Crippen LogP contribution in [0, 0.1) is 5.92 Å². The Bertz CT molecular complexity index is 700. The third kappa shape index (κ3) is 3.12. The number of β-amino-alcohol motifs (C(OH)–C–C–N with tert-alkyl or cyclic N) is 1. The molecule has 0 aliphatic carbocycles. The van der Waals surface area contributed by atoms with Crippen molar-refractivity contribution in [2.75, 3.05) is 26.2 Å². The van der Waals surface area contributed by atoms with Crippen molar-refractivity contribution in [3.63, 3.8) is 0 Å². The van der Waals surface area contributed by atoms with E-state index in [9.17, 15) is 9.90 Å². The lowest BCUT2D eigenvalue weighted by Crippen LogP contribution is -2.36. The highest BCUT2D eigenvalue weighted by atomic mass is 16.4. The lowest BCUT2D eigenvalue weighted by Gasteiger charge is -2.31. The number of carboxylic acid groups (broad SMARTS) is 1. The van der Waals surface area contributed by atoms with Gasteiger partial charge in [0.1, 0.15) is 0 Å². The Morgan fingerprint density at radius 2 is 1.96 bits per heavy atom. The fraction of sp³-hybridized carbons (Fsp3) is 0.500. The van der Waals surface area contributed by atoms with E-state index in [1.165, 1.54) is 0 Å². The predicted octanol–water partition coefficient (Wildman–Crippen LogP) is 2.12. The number of aromatic carboxylic acids is 1. The molecule has 0 amide bonds. The summed E-state index contributed by atoms with van der Waals surface area (Å²) in [6.45, 7) is 2.91. The van der Waals surface area contributed by atoms with Crippen LogP contribution in [0.2, 0.25) is 0 Å². The summed E-state index contributed by atoms with van der Waals surface area (Å²) in [7, 11) is 1.96. The van der Waals surface area contributed by atoms with Gasteiger partial charge in [-0.05, 0) is 44.3 Å². The number of carbonyl (C=O) groups is 1. The molecular weight excluding hydrogens is 292 g/mol. The summed E-state index contributed by atoms with van der Waals surface area (Å²) < 4.78 is 2.04. The molecule has 2 N–H and O–H groups in total. The monoisotopic (exact) mass is 316 g/mol. The van der Waals surface area contributed by atoms with Crippen molar-refractivity contribution in [2.24, 2.45) is 13.0 Å². The van der Waals surface area contributed by atoms with Gasteiger partial charge in [0.05, 0.1) is 12.2 Å². The molecular formula is C18H24N2O3. The van der Waals surface area contributed by atoms with Crippen molar-refractivity contribution in [3.8, 4) is 0 Å². The smallest absolute Gasteiger partial charge is 0.338 e. The molecule has 5 nitrogen and oxygen atoms in total. The Balaban J connectivity index is 1.84. The Hall–Kier alpha value is -1.85. The second kappa shape index (κ2) is 6.72. The van der Waals surface area contributed by atoms with Crippen LogP contribution in [-0.4, -0.2) is 51.9 Å². The molecule has 1 aromatic carbocycles. The number of fused-ring (bicyclic) bond motifs is 1. The van der Waals surface area contributed by atoms with Crippen LogP contribution in [0.1, 0.15) is 28.9 Å². The van der Waals surface area contributed by atoms with E-state index in [0.29, 0.717) is 11.5 Å². The summed E-state index contributed by atoms with van der Waals surface area (Å²) in [4.78, 5) is 14.1. The number of carboxylic acids is 1. The highest BCUT2D eigenvalue weighted by Crippen LogP contribution is 2.30.